The maximum absolute atomic E-state index is 11.8. The summed E-state index contributed by atoms with van der Waals surface area (Å²) in [7, 11) is 0. The van der Waals surface area contributed by atoms with E-state index >= 15 is 0 Å². The number of halogens is 2. The Kier molecular flexibility index (Phi) is 4.21. The van der Waals surface area contributed by atoms with Gasteiger partial charge in [0.15, 0.2) is 0 Å². The molecule has 1 nitrogen and oxygen atoms in total. The molecule has 0 saturated carbocycles. The number of carbonyl (C=O) groups excluding carboxylic acids is 1. The van der Waals surface area contributed by atoms with Gasteiger partial charge >= 0.3 is 0 Å². The second-order valence-corrected chi connectivity index (χ2v) is 5.96. The van der Waals surface area contributed by atoms with Gasteiger partial charge in [-0.1, -0.05) is 35.3 Å². The number of rotatable bonds is 4. The molecule has 0 amide bonds. The lowest BCUT2D eigenvalue weighted by Crippen LogP contribution is -2.05. The molecule has 4 heteroatoms. The summed E-state index contributed by atoms with van der Waals surface area (Å²) < 4.78 is 0.722. The summed E-state index contributed by atoms with van der Waals surface area (Å²) in [6.45, 7) is 0. The fourth-order valence-electron chi connectivity index (χ4n) is 1.53. The quantitative estimate of drug-likeness (QED) is 0.813. The Balaban J connectivity index is 1.95. The van der Waals surface area contributed by atoms with E-state index in [0.29, 0.717) is 17.9 Å². The Morgan fingerprint density at radius 1 is 1.00 bits per heavy atom. The molecule has 0 aliphatic rings. The van der Waals surface area contributed by atoms with Gasteiger partial charge in [-0.25, -0.2) is 0 Å². The van der Waals surface area contributed by atoms with E-state index in [1.54, 1.807) is 12.1 Å². The molecule has 1 aromatic carbocycles. The Morgan fingerprint density at radius 3 is 2.29 bits per heavy atom. The van der Waals surface area contributed by atoms with Gasteiger partial charge in [0, 0.05) is 22.7 Å². The van der Waals surface area contributed by atoms with E-state index in [4.69, 9.17) is 23.2 Å². The molecule has 2 rings (SSSR count). The van der Waals surface area contributed by atoms with Crippen molar-refractivity contribution in [2.75, 3.05) is 0 Å². The molecule has 0 spiro atoms. The summed E-state index contributed by atoms with van der Waals surface area (Å²) >= 11 is 13.0. The van der Waals surface area contributed by atoms with Crippen LogP contribution >= 0.6 is 34.5 Å². The van der Waals surface area contributed by atoms with Crippen LogP contribution in [-0.2, 0) is 17.6 Å². The molecule has 1 heterocycles. The van der Waals surface area contributed by atoms with E-state index in [2.05, 4.69) is 0 Å². The number of hydrogen-bond acceptors (Lipinski definition) is 2. The Hall–Kier alpha value is -0.830. The standard InChI is InChI=1S/C13H10Cl2OS/c14-10-3-1-9(2-4-10)7-11(16)8-12-5-6-13(15)17-12/h1-6H,7-8H2. The first-order valence-electron chi connectivity index (χ1n) is 5.14. The van der Waals surface area contributed by atoms with Crippen LogP contribution in [0.15, 0.2) is 36.4 Å². The molecule has 0 aliphatic carbocycles. The molecule has 0 atom stereocenters. The third-order valence-corrected chi connectivity index (χ3v) is 3.80. The van der Waals surface area contributed by atoms with Crippen molar-refractivity contribution < 1.29 is 4.79 Å². The fraction of sp³-hybridized carbons (Fsp3) is 0.154. The van der Waals surface area contributed by atoms with E-state index < -0.39 is 0 Å². The number of thiophene rings is 1. The Bertz CT molecular complexity index is 516. The third kappa shape index (κ3) is 3.84. The van der Waals surface area contributed by atoms with Crippen LogP contribution in [0, 0.1) is 0 Å². The molecule has 2 aromatic rings. The zero-order valence-electron chi connectivity index (χ0n) is 8.95. The SMILES string of the molecule is O=C(Cc1ccc(Cl)cc1)Cc1ccc(Cl)s1. The predicted molar refractivity (Wildman–Crippen MR) is 73.2 cm³/mol. The molecular weight excluding hydrogens is 275 g/mol. The normalized spacial score (nSPS) is 10.5. The van der Waals surface area contributed by atoms with Crippen LogP contribution in [-0.4, -0.2) is 5.78 Å². The van der Waals surface area contributed by atoms with Crippen molar-refractivity contribution in [3.05, 3.63) is 56.2 Å². The van der Waals surface area contributed by atoms with Gasteiger partial charge in [0.2, 0.25) is 0 Å². The van der Waals surface area contributed by atoms with Gasteiger partial charge in [0.05, 0.1) is 4.34 Å². The smallest absolute Gasteiger partial charge is 0.142 e. The summed E-state index contributed by atoms with van der Waals surface area (Å²) in [4.78, 5) is 12.8. The summed E-state index contributed by atoms with van der Waals surface area (Å²) in [6, 6.07) is 11.1. The van der Waals surface area contributed by atoms with Gasteiger partial charge in [0.1, 0.15) is 5.78 Å². The minimum atomic E-state index is 0.186. The van der Waals surface area contributed by atoms with Gasteiger partial charge in [-0.2, -0.15) is 0 Å². The summed E-state index contributed by atoms with van der Waals surface area (Å²) in [6.07, 6.45) is 0.882. The van der Waals surface area contributed by atoms with Crippen molar-refractivity contribution in [2.45, 2.75) is 12.8 Å². The third-order valence-electron chi connectivity index (χ3n) is 2.31. The first kappa shape index (κ1) is 12.6. The van der Waals surface area contributed by atoms with Crippen LogP contribution in [0.3, 0.4) is 0 Å². The van der Waals surface area contributed by atoms with Crippen molar-refractivity contribution in [1.29, 1.82) is 0 Å². The number of ketones is 1. The minimum absolute atomic E-state index is 0.186. The van der Waals surface area contributed by atoms with E-state index in [-0.39, 0.29) is 5.78 Å². The van der Waals surface area contributed by atoms with Crippen molar-refractivity contribution in [1.82, 2.24) is 0 Å². The van der Waals surface area contributed by atoms with E-state index in [0.717, 1.165) is 14.8 Å². The van der Waals surface area contributed by atoms with Crippen molar-refractivity contribution in [3.63, 3.8) is 0 Å². The number of benzene rings is 1. The average molecular weight is 285 g/mol. The lowest BCUT2D eigenvalue weighted by Gasteiger charge is -2.00. The molecule has 88 valence electrons. The first-order chi connectivity index (χ1) is 8.13. The molecule has 0 unspecified atom stereocenters. The number of Topliss-reactive ketones (excluding diaryl/α,β-unsaturated/α-hetero) is 1. The van der Waals surface area contributed by atoms with Gasteiger partial charge in [-0.3, -0.25) is 4.79 Å². The topological polar surface area (TPSA) is 17.1 Å². The van der Waals surface area contributed by atoms with E-state index in [1.165, 1.54) is 11.3 Å². The highest BCUT2D eigenvalue weighted by Crippen LogP contribution is 2.22. The highest BCUT2D eigenvalue weighted by atomic mass is 35.5. The highest BCUT2D eigenvalue weighted by Gasteiger charge is 2.07. The number of hydrogen-bond donors (Lipinski definition) is 0. The van der Waals surface area contributed by atoms with Crippen molar-refractivity contribution >= 4 is 40.3 Å². The molecule has 0 fully saturated rings. The van der Waals surface area contributed by atoms with Crippen LogP contribution in [0.4, 0.5) is 0 Å². The lowest BCUT2D eigenvalue weighted by molar-refractivity contribution is -0.117. The molecule has 0 saturated heterocycles. The largest absolute Gasteiger partial charge is 0.299 e. The van der Waals surface area contributed by atoms with Crippen LogP contribution in [0.1, 0.15) is 10.4 Å². The summed E-state index contributed by atoms with van der Waals surface area (Å²) in [5.41, 5.74) is 0.988. The molecule has 0 bridgehead atoms. The van der Waals surface area contributed by atoms with Gasteiger partial charge in [-0.15, -0.1) is 11.3 Å². The molecule has 0 N–H and O–H groups in total. The van der Waals surface area contributed by atoms with E-state index in [1.807, 2.05) is 24.3 Å². The van der Waals surface area contributed by atoms with E-state index in [9.17, 15) is 4.79 Å². The zero-order chi connectivity index (χ0) is 12.3. The number of carbonyl (C=O) groups is 1. The van der Waals surface area contributed by atoms with Crippen LogP contribution < -0.4 is 0 Å². The second kappa shape index (κ2) is 5.67. The lowest BCUT2D eigenvalue weighted by atomic mass is 10.1. The minimum Gasteiger partial charge on any atom is -0.299 e. The molecule has 1 aromatic heterocycles. The van der Waals surface area contributed by atoms with Crippen LogP contribution in [0.5, 0.6) is 0 Å². The maximum atomic E-state index is 11.8. The summed E-state index contributed by atoms with van der Waals surface area (Å²) in [5.74, 6) is 0.186. The van der Waals surface area contributed by atoms with Crippen molar-refractivity contribution in [2.24, 2.45) is 0 Å². The fourth-order valence-corrected chi connectivity index (χ4v) is 2.78. The highest BCUT2D eigenvalue weighted by molar-refractivity contribution is 7.16. The maximum Gasteiger partial charge on any atom is 0.142 e. The van der Waals surface area contributed by atoms with Crippen molar-refractivity contribution in [3.8, 4) is 0 Å². The van der Waals surface area contributed by atoms with Gasteiger partial charge in [-0.05, 0) is 29.8 Å². The molecule has 0 radical (unpaired) electrons. The first-order valence-corrected chi connectivity index (χ1v) is 6.71. The molecule has 0 aliphatic heterocycles. The molecular formula is C13H10Cl2OS. The average Bonchev–Trinajstić information content (AvgIpc) is 2.67. The van der Waals surface area contributed by atoms with Crippen LogP contribution in [0.2, 0.25) is 9.36 Å². The zero-order valence-corrected chi connectivity index (χ0v) is 11.3. The van der Waals surface area contributed by atoms with Gasteiger partial charge in [0.25, 0.3) is 0 Å². The Labute approximate surface area is 114 Å². The monoisotopic (exact) mass is 284 g/mol. The van der Waals surface area contributed by atoms with Crippen LogP contribution in [0.25, 0.3) is 0 Å². The summed E-state index contributed by atoms with van der Waals surface area (Å²) in [5, 5.41) is 0.686. The molecule has 17 heavy (non-hydrogen) atoms. The van der Waals surface area contributed by atoms with Gasteiger partial charge < -0.3 is 0 Å². The predicted octanol–water partition coefficient (Wildman–Crippen LogP) is 4.41. The Morgan fingerprint density at radius 2 is 1.71 bits per heavy atom. The second-order valence-electron chi connectivity index (χ2n) is 3.72.